The molecule has 8 nitrogen and oxygen atoms in total. The van der Waals surface area contributed by atoms with Crippen LogP contribution in [-0.2, 0) is 4.79 Å². The third-order valence-electron chi connectivity index (χ3n) is 5.48. The average molecular weight is 440 g/mol. The van der Waals surface area contributed by atoms with Crippen LogP contribution in [0.3, 0.4) is 0 Å². The highest BCUT2D eigenvalue weighted by molar-refractivity contribution is 6.04. The molecular formula is C23H21FN2O6. The standard InChI is InChI=1S/C23H21FN2O6/c1-30-17-10-19(32-3)18(31-2)8-12(17)13-9-20(27)25-21-14(23(28)29)11-26(22(13)21)16-7-5-4-6-15(16)24/h4-8,10-11,13H,9H2,1-3H3,(H,25,27)(H,28,29)/t13-/m0/s1. The van der Waals surface area contributed by atoms with Crippen molar-refractivity contribution in [2.75, 3.05) is 26.6 Å². The molecule has 1 aromatic heterocycles. The highest BCUT2D eigenvalue weighted by Crippen LogP contribution is 2.47. The lowest BCUT2D eigenvalue weighted by Crippen LogP contribution is -2.26. The van der Waals surface area contributed by atoms with Gasteiger partial charge in [0.15, 0.2) is 11.5 Å². The van der Waals surface area contributed by atoms with Crippen LogP contribution in [0.4, 0.5) is 10.1 Å². The van der Waals surface area contributed by atoms with E-state index >= 15 is 0 Å². The van der Waals surface area contributed by atoms with Crippen LogP contribution >= 0.6 is 0 Å². The Labute approximate surface area is 183 Å². The second-order valence-electron chi connectivity index (χ2n) is 7.18. The molecule has 0 spiro atoms. The third kappa shape index (κ3) is 3.41. The summed E-state index contributed by atoms with van der Waals surface area (Å²) in [7, 11) is 4.45. The molecule has 0 radical (unpaired) electrons. The van der Waals surface area contributed by atoms with Gasteiger partial charge >= 0.3 is 5.97 Å². The maximum atomic E-state index is 14.7. The zero-order valence-corrected chi connectivity index (χ0v) is 17.6. The van der Waals surface area contributed by atoms with E-state index in [0.29, 0.717) is 28.5 Å². The molecule has 166 valence electrons. The lowest BCUT2D eigenvalue weighted by Gasteiger charge is -2.28. The number of carbonyl (C=O) groups excluding carboxylic acids is 1. The van der Waals surface area contributed by atoms with Gasteiger partial charge < -0.3 is 29.2 Å². The van der Waals surface area contributed by atoms with E-state index in [9.17, 15) is 19.1 Å². The molecule has 2 heterocycles. The second kappa shape index (κ2) is 8.26. The van der Waals surface area contributed by atoms with Crippen LogP contribution in [0.25, 0.3) is 5.69 Å². The number of benzene rings is 2. The highest BCUT2D eigenvalue weighted by Gasteiger charge is 2.36. The van der Waals surface area contributed by atoms with Gasteiger partial charge in [-0.1, -0.05) is 12.1 Å². The Morgan fingerprint density at radius 3 is 2.38 bits per heavy atom. The number of nitrogens with zero attached hydrogens (tertiary/aromatic N) is 1. The summed E-state index contributed by atoms with van der Waals surface area (Å²) in [5.41, 5.74) is 1.16. The number of rotatable bonds is 6. The fraction of sp³-hybridized carbons (Fsp3) is 0.217. The van der Waals surface area contributed by atoms with E-state index in [4.69, 9.17) is 14.2 Å². The summed E-state index contributed by atoms with van der Waals surface area (Å²) in [4.78, 5) is 24.5. The van der Waals surface area contributed by atoms with Gasteiger partial charge in [0.25, 0.3) is 0 Å². The van der Waals surface area contributed by atoms with Gasteiger partial charge in [0, 0.05) is 30.2 Å². The van der Waals surface area contributed by atoms with Crippen molar-refractivity contribution in [2.24, 2.45) is 0 Å². The van der Waals surface area contributed by atoms with Crippen molar-refractivity contribution in [3.8, 4) is 22.9 Å². The normalized spacial score (nSPS) is 15.0. The third-order valence-corrected chi connectivity index (χ3v) is 5.48. The molecule has 0 unspecified atom stereocenters. The number of nitrogens with one attached hydrogen (secondary N) is 1. The minimum Gasteiger partial charge on any atom is -0.496 e. The molecule has 0 aliphatic carbocycles. The molecule has 2 N–H and O–H groups in total. The van der Waals surface area contributed by atoms with Crippen molar-refractivity contribution >= 4 is 17.6 Å². The molecule has 4 rings (SSSR count). The molecular weight excluding hydrogens is 419 g/mol. The predicted octanol–water partition coefficient (Wildman–Crippen LogP) is 3.81. The molecule has 9 heteroatoms. The number of ether oxygens (including phenoxy) is 3. The number of carbonyl (C=O) groups is 2. The van der Waals surface area contributed by atoms with Gasteiger partial charge in [-0.3, -0.25) is 4.79 Å². The Hall–Kier alpha value is -4.01. The molecule has 1 aliphatic heterocycles. The summed E-state index contributed by atoms with van der Waals surface area (Å²) in [6, 6.07) is 9.34. The molecule has 0 saturated heterocycles. The predicted molar refractivity (Wildman–Crippen MR) is 114 cm³/mol. The number of hydrogen-bond donors (Lipinski definition) is 2. The van der Waals surface area contributed by atoms with Crippen molar-refractivity contribution in [3.63, 3.8) is 0 Å². The van der Waals surface area contributed by atoms with E-state index in [0.717, 1.165) is 0 Å². The number of halogens is 1. The topological polar surface area (TPSA) is 99.0 Å². The molecule has 3 aromatic rings. The number of methoxy groups -OCH3 is 3. The SMILES string of the molecule is COc1cc(OC)c([C@@H]2CC(=O)Nc3c(C(=O)O)cn(-c4ccccc4F)c32)cc1OC. The van der Waals surface area contributed by atoms with Gasteiger partial charge in [0.2, 0.25) is 5.91 Å². The number of amides is 1. The van der Waals surface area contributed by atoms with Crippen LogP contribution in [0.1, 0.15) is 34.0 Å². The monoisotopic (exact) mass is 440 g/mol. The summed E-state index contributed by atoms with van der Waals surface area (Å²) in [5.74, 6) is -1.50. The zero-order valence-electron chi connectivity index (χ0n) is 17.6. The van der Waals surface area contributed by atoms with Gasteiger partial charge in [0.05, 0.1) is 38.4 Å². The van der Waals surface area contributed by atoms with Gasteiger partial charge in [-0.25, -0.2) is 9.18 Å². The molecule has 1 amide bonds. The van der Waals surface area contributed by atoms with Crippen molar-refractivity contribution in [1.82, 2.24) is 4.57 Å². The largest absolute Gasteiger partial charge is 0.496 e. The average Bonchev–Trinajstić information content (AvgIpc) is 3.17. The molecule has 0 fully saturated rings. The first-order valence-electron chi connectivity index (χ1n) is 9.72. The maximum Gasteiger partial charge on any atom is 0.339 e. The van der Waals surface area contributed by atoms with Crippen LogP contribution < -0.4 is 19.5 Å². The lowest BCUT2D eigenvalue weighted by molar-refractivity contribution is -0.116. The van der Waals surface area contributed by atoms with Crippen molar-refractivity contribution in [2.45, 2.75) is 12.3 Å². The Bertz CT molecular complexity index is 1220. The fourth-order valence-electron chi connectivity index (χ4n) is 4.06. The van der Waals surface area contributed by atoms with Gasteiger partial charge in [-0.15, -0.1) is 0 Å². The number of fused-ring (bicyclic) bond motifs is 1. The highest BCUT2D eigenvalue weighted by atomic mass is 19.1. The molecule has 0 saturated carbocycles. The number of anilines is 1. The smallest absolute Gasteiger partial charge is 0.339 e. The molecule has 2 aromatic carbocycles. The molecule has 0 bridgehead atoms. The van der Waals surface area contributed by atoms with Crippen LogP contribution in [0.15, 0.2) is 42.6 Å². The second-order valence-corrected chi connectivity index (χ2v) is 7.18. The lowest BCUT2D eigenvalue weighted by atomic mass is 9.87. The summed E-state index contributed by atoms with van der Waals surface area (Å²) in [5, 5.41) is 12.4. The van der Waals surface area contributed by atoms with Crippen LogP contribution in [0, 0.1) is 5.82 Å². The van der Waals surface area contributed by atoms with Crippen LogP contribution in [0.5, 0.6) is 17.2 Å². The number of aromatic carboxylic acids is 1. The van der Waals surface area contributed by atoms with Gasteiger partial charge in [-0.2, -0.15) is 0 Å². The summed E-state index contributed by atoms with van der Waals surface area (Å²) in [6.07, 6.45) is 1.31. The van der Waals surface area contributed by atoms with Crippen molar-refractivity contribution < 1.29 is 33.3 Å². The van der Waals surface area contributed by atoms with Gasteiger partial charge in [0.1, 0.15) is 17.1 Å². The zero-order chi connectivity index (χ0) is 23.0. The minimum atomic E-state index is -1.24. The Morgan fingerprint density at radius 2 is 1.75 bits per heavy atom. The van der Waals surface area contributed by atoms with E-state index in [1.54, 1.807) is 30.3 Å². The summed E-state index contributed by atoms with van der Waals surface area (Å²) < 4.78 is 32.5. The fourth-order valence-corrected chi connectivity index (χ4v) is 4.06. The van der Waals surface area contributed by atoms with Crippen molar-refractivity contribution in [3.05, 3.63) is 65.2 Å². The molecule has 1 aliphatic rings. The van der Waals surface area contributed by atoms with E-state index < -0.39 is 17.7 Å². The van der Waals surface area contributed by atoms with Crippen molar-refractivity contribution in [1.29, 1.82) is 0 Å². The Kier molecular flexibility index (Phi) is 5.48. The number of carboxylic acids is 1. The quantitative estimate of drug-likeness (QED) is 0.605. The Balaban J connectivity index is 2.02. The summed E-state index contributed by atoms with van der Waals surface area (Å²) >= 11 is 0. The molecule has 32 heavy (non-hydrogen) atoms. The van der Waals surface area contributed by atoms with E-state index in [1.165, 1.54) is 38.2 Å². The number of para-hydroxylation sites is 1. The first-order valence-corrected chi connectivity index (χ1v) is 9.72. The summed E-state index contributed by atoms with van der Waals surface area (Å²) in [6.45, 7) is 0. The van der Waals surface area contributed by atoms with E-state index in [1.807, 2.05) is 0 Å². The minimum absolute atomic E-state index is 0.00360. The number of hydrogen-bond acceptors (Lipinski definition) is 5. The van der Waals surface area contributed by atoms with Crippen LogP contribution in [-0.4, -0.2) is 42.9 Å². The van der Waals surface area contributed by atoms with Gasteiger partial charge in [-0.05, 0) is 18.2 Å². The van der Waals surface area contributed by atoms with E-state index in [-0.39, 0.29) is 29.3 Å². The first kappa shape index (κ1) is 21.2. The number of carboxylic acid groups (broad SMARTS) is 1. The van der Waals surface area contributed by atoms with E-state index in [2.05, 4.69) is 5.32 Å². The first-order chi connectivity index (χ1) is 15.4. The Morgan fingerprint density at radius 1 is 1.09 bits per heavy atom. The maximum absolute atomic E-state index is 14.7. The van der Waals surface area contributed by atoms with Crippen LogP contribution in [0.2, 0.25) is 0 Å². The molecule has 1 atom stereocenters. The number of aromatic nitrogens is 1.